The molecule has 3 fully saturated rings. The molecule has 2 bridgehead atoms. The van der Waals surface area contributed by atoms with E-state index in [-0.39, 0.29) is 33.3 Å². The Balaban J connectivity index is 1.29. The van der Waals surface area contributed by atoms with Crippen molar-refractivity contribution in [3.63, 3.8) is 0 Å². The zero-order chi connectivity index (χ0) is 24.0. The molecular formula is C21H20Br3N3O6. The van der Waals surface area contributed by atoms with E-state index in [9.17, 15) is 24.0 Å². The minimum Gasteiger partial charge on any atom is -0.454 e. The number of hydrogen-bond donors (Lipinski definition) is 2. The monoisotopic (exact) mass is 647 g/mol. The van der Waals surface area contributed by atoms with Crippen molar-refractivity contribution in [1.82, 2.24) is 15.8 Å². The Morgan fingerprint density at radius 2 is 1.58 bits per heavy atom. The second-order valence-corrected chi connectivity index (χ2v) is 11.4. The lowest BCUT2D eigenvalue weighted by molar-refractivity contribution is -0.160. The highest BCUT2D eigenvalue weighted by molar-refractivity contribution is 9.12. The molecule has 2 N–H and O–H groups in total. The Hall–Kier alpha value is -1.79. The first-order valence-electron chi connectivity index (χ1n) is 10.3. The molecule has 1 aromatic rings. The van der Waals surface area contributed by atoms with Gasteiger partial charge in [0.15, 0.2) is 6.61 Å². The number of likely N-dealkylation sites (tertiary alicyclic amines) is 1. The van der Waals surface area contributed by atoms with Crippen LogP contribution in [0.2, 0.25) is 0 Å². The second-order valence-electron chi connectivity index (χ2n) is 8.34. The first-order chi connectivity index (χ1) is 15.6. The van der Waals surface area contributed by atoms with Crippen molar-refractivity contribution >= 4 is 77.4 Å². The summed E-state index contributed by atoms with van der Waals surface area (Å²) >= 11 is 10.5. The Morgan fingerprint density at radius 1 is 1.03 bits per heavy atom. The summed E-state index contributed by atoms with van der Waals surface area (Å²) in [7, 11) is 0. The van der Waals surface area contributed by atoms with E-state index in [4.69, 9.17) is 4.74 Å². The third-order valence-corrected chi connectivity index (χ3v) is 10.3. The Labute approximate surface area is 214 Å². The van der Waals surface area contributed by atoms with Crippen LogP contribution in [-0.2, 0) is 23.9 Å². The number of fused-ring (bicyclic) bond motifs is 5. The summed E-state index contributed by atoms with van der Waals surface area (Å²) in [6.07, 6.45) is 0.789. The molecule has 176 valence electrons. The molecule has 33 heavy (non-hydrogen) atoms. The Bertz CT molecular complexity index is 987. The molecule has 4 rings (SSSR count). The molecule has 0 radical (unpaired) electrons. The van der Waals surface area contributed by atoms with Gasteiger partial charge in [0, 0.05) is 19.7 Å². The summed E-state index contributed by atoms with van der Waals surface area (Å²) in [6, 6.07) is 5.33. The molecule has 0 spiro atoms. The van der Waals surface area contributed by atoms with E-state index in [1.165, 1.54) is 6.92 Å². The number of halogens is 3. The van der Waals surface area contributed by atoms with E-state index in [0.29, 0.717) is 5.56 Å². The molecule has 0 unspecified atom stereocenters. The quantitative estimate of drug-likeness (QED) is 0.218. The highest BCUT2D eigenvalue weighted by atomic mass is 79.9. The van der Waals surface area contributed by atoms with Gasteiger partial charge in [-0.3, -0.25) is 34.9 Å². The predicted molar refractivity (Wildman–Crippen MR) is 126 cm³/mol. The van der Waals surface area contributed by atoms with Crippen LogP contribution in [0.5, 0.6) is 0 Å². The second kappa shape index (κ2) is 9.46. The third-order valence-electron chi connectivity index (χ3n) is 6.52. The van der Waals surface area contributed by atoms with Crippen molar-refractivity contribution < 1.29 is 28.7 Å². The van der Waals surface area contributed by atoms with Gasteiger partial charge in [-0.1, -0.05) is 47.8 Å². The zero-order valence-corrected chi connectivity index (χ0v) is 22.1. The maximum atomic E-state index is 13.0. The lowest BCUT2D eigenvalue weighted by Gasteiger charge is -2.28. The molecular weight excluding hydrogens is 630 g/mol. The van der Waals surface area contributed by atoms with Gasteiger partial charge in [0.2, 0.25) is 11.8 Å². The van der Waals surface area contributed by atoms with Crippen LogP contribution in [0.1, 0.15) is 23.7 Å². The summed E-state index contributed by atoms with van der Waals surface area (Å²) in [5.41, 5.74) is 4.70. The molecule has 2 aliphatic carbocycles. The normalized spacial score (nSPS) is 30.7. The van der Waals surface area contributed by atoms with Gasteiger partial charge in [-0.2, -0.15) is 0 Å². The Morgan fingerprint density at radius 3 is 2.12 bits per heavy atom. The van der Waals surface area contributed by atoms with Gasteiger partial charge in [0.1, 0.15) is 6.04 Å². The summed E-state index contributed by atoms with van der Waals surface area (Å²) in [5, 5.41) is 0. The average Bonchev–Trinajstić information content (AvgIpc) is 3.40. The van der Waals surface area contributed by atoms with Gasteiger partial charge < -0.3 is 4.74 Å². The van der Waals surface area contributed by atoms with Crippen LogP contribution in [0.25, 0.3) is 0 Å². The van der Waals surface area contributed by atoms with E-state index >= 15 is 0 Å². The number of benzene rings is 1. The van der Waals surface area contributed by atoms with Crippen LogP contribution < -0.4 is 10.9 Å². The van der Waals surface area contributed by atoms with E-state index in [1.807, 2.05) is 0 Å². The van der Waals surface area contributed by atoms with E-state index in [0.717, 1.165) is 15.8 Å². The van der Waals surface area contributed by atoms with E-state index in [1.54, 1.807) is 24.3 Å². The van der Waals surface area contributed by atoms with Crippen LogP contribution in [0, 0.1) is 23.7 Å². The maximum absolute atomic E-state index is 13.0. The molecule has 3 aliphatic rings. The SMILES string of the molecule is C[C@H](C(=O)OCC(=O)NNC(=O)c1ccc(Br)cc1)N1C(=O)[C@@H]2[C@H]3C[C@@H]([C@@H](Br)[C@H]3Br)[C@H]2C1=O. The van der Waals surface area contributed by atoms with Crippen molar-refractivity contribution in [3.05, 3.63) is 34.3 Å². The number of carbonyl (C=O) groups excluding carboxylic acids is 5. The van der Waals surface area contributed by atoms with Gasteiger partial charge in [0.05, 0.1) is 11.8 Å². The van der Waals surface area contributed by atoms with Crippen molar-refractivity contribution in [1.29, 1.82) is 0 Å². The molecule has 9 nitrogen and oxygen atoms in total. The topological polar surface area (TPSA) is 122 Å². The number of hydrogen-bond acceptors (Lipinski definition) is 6. The number of alkyl halides is 2. The number of nitrogens with zero attached hydrogens (tertiary/aromatic N) is 1. The molecule has 12 heteroatoms. The number of amides is 4. The number of imide groups is 1. The summed E-state index contributed by atoms with van der Waals surface area (Å²) in [5.74, 6) is -3.71. The predicted octanol–water partition coefficient (Wildman–Crippen LogP) is 1.92. The highest BCUT2D eigenvalue weighted by Crippen LogP contribution is 2.60. The number of rotatable bonds is 5. The fourth-order valence-corrected chi connectivity index (χ4v) is 7.09. The number of esters is 1. The van der Waals surface area contributed by atoms with E-state index < -0.39 is 42.3 Å². The van der Waals surface area contributed by atoms with Crippen LogP contribution >= 0.6 is 47.8 Å². The maximum Gasteiger partial charge on any atom is 0.329 e. The first-order valence-corrected chi connectivity index (χ1v) is 12.9. The van der Waals surface area contributed by atoms with Crippen molar-refractivity contribution in [2.24, 2.45) is 23.7 Å². The molecule has 7 atom stereocenters. The van der Waals surface area contributed by atoms with Crippen LogP contribution in [-0.4, -0.2) is 56.8 Å². The molecule has 2 saturated carbocycles. The summed E-state index contributed by atoms with van der Waals surface area (Å²) in [4.78, 5) is 63.6. The number of ether oxygens (including phenoxy) is 1. The largest absolute Gasteiger partial charge is 0.454 e. The molecule has 1 heterocycles. The van der Waals surface area contributed by atoms with Crippen LogP contribution in [0.3, 0.4) is 0 Å². The number of hydrazine groups is 1. The lowest BCUT2D eigenvalue weighted by atomic mass is 9.81. The zero-order valence-electron chi connectivity index (χ0n) is 17.3. The smallest absolute Gasteiger partial charge is 0.329 e. The third kappa shape index (κ3) is 4.37. The van der Waals surface area contributed by atoms with Crippen LogP contribution in [0.4, 0.5) is 0 Å². The molecule has 4 amide bonds. The molecule has 0 aromatic heterocycles. The first kappa shape index (κ1) is 24.3. The molecule has 1 saturated heterocycles. The Kier molecular flexibility index (Phi) is 6.97. The summed E-state index contributed by atoms with van der Waals surface area (Å²) < 4.78 is 5.79. The number of carbonyl (C=O) groups is 5. The van der Waals surface area contributed by atoms with Gasteiger partial charge in [0.25, 0.3) is 11.8 Å². The fourth-order valence-electron chi connectivity index (χ4n) is 4.95. The molecule has 1 aliphatic heterocycles. The average molecular weight is 650 g/mol. The lowest BCUT2D eigenvalue weighted by Crippen LogP contribution is -2.47. The number of nitrogens with one attached hydrogen (secondary N) is 2. The van der Waals surface area contributed by atoms with Crippen LogP contribution in [0.15, 0.2) is 28.7 Å². The molecule has 1 aromatic carbocycles. The van der Waals surface area contributed by atoms with Crippen molar-refractivity contribution in [2.45, 2.75) is 29.0 Å². The standard InChI is InChI=1S/C21H20Br3N3O6/c1-8(27-19(30)14-11-6-12(15(14)20(27)31)17(24)16(11)23)21(32)33-7-13(28)25-26-18(29)9-2-4-10(22)5-3-9/h2-5,8,11-12,14-17H,6-7H2,1H3,(H,25,28)(H,26,29)/t8-,11-,12-,14-,15-,16-,17+/m1/s1. The highest BCUT2D eigenvalue weighted by Gasteiger charge is 2.67. The minimum atomic E-state index is -1.15. The van der Waals surface area contributed by atoms with Gasteiger partial charge in [-0.25, -0.2) is 4.79 Å². The van der Waals surface area contributed by atoms with Gasteiger partial charge in [-0.15, -0.1) is 0 Å². The minimum absolute atomic E-state index is 0.0363. The van der Waals surface area contributed by atoms with Crippen molar-refractivity contribution in [3.8, 4) is 0 Å². The van der Waals surface area contributed by atoms with Gasteiger partial charge >= 0.3 is 5.97 Å². The summed E-state index contributed by atoms with van der Waals surface area (Å²) in [6.45, 7) is 0.733. The van der Waals surface area contributed by atoms with E-state index in [2.05, 4.69) is 58.6 Å². The fraction of sp³-hybridized carbons (Fsp3) is 0.476. The van der Waals surface area contributed by atoms with Gasteiger partial charge in [-0.05, 0) is 49.4 Å². The van der Waals surface area contributed by atoms with Crippen molar-refractivity contribution in [2.75, 3.05) is 6.61 Å².